The molecule has 32 heavy (non-hydrogen) atoms. The van der Waals surface area contributed by atoms with Crippen LogP contribution in [-0.4, -0.2) is 54.3 Å². The first kappa shape index (κ1) is 29.9. The zero-order valence-electron chi connectivity index (χ0n) is 20.2. The van der Waals surface area contributed by atoms with Crippen LogP contribution in [0.15, 0.2) is 72.9 Å². The molecular weight excluding hydrogens is 474 g/mol. The zero-order valence-corrected chi connectivity index (χ0v) is 22.6. The van der Waals surface area contributed by atoms with Crippen molar-refractivity contribution in [1.82, 2.24) is 4.98 Å². The van der Waals surface area contributed by atoms with Gasteiger partial charge in [-0.3, -0.25) is 4.98 Å². The molecular formula is C26H33N5Zr. The van der Waals surface area contributed by atoms with Crippen molar-refractivity contribution in [2.45, 2.75) is 0 Å². The Kier molecular flexibility index (Phi) is 16.3. The first-order valence-electron chi connectivity index (χ1n) is 10.0. The molecule has 0 unspecified atom stereocenters. The molecule has 0 N–H and O–H groups in total. The van der Waals surface area contributed by atoms with Crippen molar-refractivity contribution in [1.29, 1.82) is 0 Å². The molecule has 4 rings (SSSR count). The van der Waals surface area contributed by atoms with Crippen LogP contribution < -0.4 is 0 Å². The van der Waals surface area contributed by atoms with Crippen LogP contribution in [0.2, 0.25) is 0 Å². The van der Waals surface area contributed by atoms with Crippen molar-refractivity contribution in [3.05, 3.63) is 94.2 Å². The molecule has 1 heterocycles. The fourth-order valence-corrected chi connectivity index (χ4v) is 3.01. The second-order valence-electron chi connectivity index (χ2n) is 6.63. The summed E-state index contributed by atoms with van der Waals surface area (Å²) in [5.74, 6) is 0. The maximum atomic E-state index is 4.68. The average molecular weight is 507 g/mol. The SMILES string of the molecule is C[N-]C.C[N-]C.C[N-]C.C[N-]c1ccc2ccccc2c1-c1nccc2ccccc12.[Zr+4]. The van der Waals surface area contributed by atoms with E-state index in [-0.39, 0.29) is 26.2 Å². The van der Waals surface area contributed by atoms with Gasteiger partial charge in [0.15, 0.2) is 0 Å². The number of pyridine rings is 1. The zero-order chi connectivity index (χ0) is 23.1. The summed E-state index contributed by atoms with van der Waals surface area (Å²) in [6.07, 6.45) is 1.87. The molecule has 5 nitrogen and oxygen atoms in total. The van der Waals surface area contributed by atoms with E-state index in [9.17, 15) is 0 Å². The first-order chi connectivity index (χ1) is 15.1. The van der Waals surface area contributed by atoms with Crippen molar-refractivity contribution in [2.75, 3.05) is 49.3 Å². The van der Waals surface area contributed by atoms with Crippen molar-refractivity contribution >= 4 is 27.2 Å². The number of fused-ring (bicyclic) bond motifs is 2. The number of hydrogen-bond donors (Lipinski definition) is 0. The van der Waals surface area contributed by atoms with Gasteiger partial charge in [-0.2, -0.15) is 42.3 Å². The van der Waals surface area contributed by atoms with E-state index in [1.165, 1.54) is 16.2 Å². The summed E-state index contributed by atoms with van der Waals surface area (Å²) in [5, 5.41) is 19.7. The van der Waals surface area contributed by atoms with E-state index in [4.69, 9.17) is 0 Å². The fraction of sp³-hybridized carbons (Fsp3) is 0.269. The van der Waals surface area contributed by atoms with Crippen LogP contribution in [0.5, 0.6) is 0 Å². The van der Waals surface area contributed by atoms with Crippen LogP contribution in [0, 0.1) is 0 Å². The van der Waals surface area contributed by atoms with Crippen molar-refractivity contribution in [3.8, 4) is 11.3 Å². The molecule has 6 heteroatoms. The molecule has 0 saturated carbocycles. The van der Waals surface area contributed by atoms with Gasteiger partial charge in [-0.1, -0.05) is 60.7 Å². The Bertz CT molecular complexity index is 1030. The molecule has 0 radical (unpaired) electrons. The fourth-order valence-electron chi connectivity index (χ4n) is 3.01. The summed E-state index contributed by atoms with van der Waals surface area (Å²) in [5.41, 5.74) is 3.08. The van der Waals surface area contributed by atoms with Crippen molar-refractivity contribution in [2.24, 2.45) is 0 Å². The van der Waals surface area contributed by atoms with Crippen molar-refractivity contribution in [3.63, 3.8) is 0 Å². The van der Waals surface area contributed by atoms with Gasteiger partial charge in [-0.25, -0.2) is 0 Å². The Morgan fingerprint density at radius 1 is 0.562 bits per heavy atom. The van der Waals surface area contributed by atoms with Gasteiger partial charge in [0.25, 0.3) is 0 Å². The summed E-state index contributed by atoms with van der Waals surface area (Å²) in [7, 11) is 12.3. The standard InChI is InChI=1S/C20H15N2.3C2H6N.Zr/c1-21-18-11-10-14-6-2-4-8-16(14)19(18)20-17-9-5-3-7-15(17)12-13-22-20;3*1-3-2;/h2-13H,1H3;3*1-2H3;/q4*-1;+4. The molecule has 0 aliphatic carbocycles. The third-order valence-electron chi connectivity index (χ3n) is 4.06. The second kappa shape index (κ2) is 17.4. The Labute approximate surface area is 212 Å². The van der Waals surface area contributed by atoms with Gasteiger partial charge in [0, 0.05) is 11.6 Å². The van der Waals surface area contributed by atoms with E-state index < -0.39 is 0 Å². The summed E-state index contributed by atoms with van der Waals surface area (Å²) in [6.45, 7) is 0. The minimum Gasteiger partial charge on any atom is -0.686 e. The largest absolute Gasteiger partial charge is 4.00 e. The topological polar surface area (TPSA) is 69.3 Å². The molecule has 0 saturated heterocycles. The van der Waals surface area contributed by atoms with E-state index >= 15 is 0 Å². The van der Waals surface area contributed by atoms with Gasteiger partial charge in [-0.15, -0.1) is 12.7 Å². The van der Waals surface area contributed by atoms with Gasteiger partial charge in [0.2, 0.25) is 0 Å². The minimum atomic E-state index is 0. The molecule has 3 aromatic carbocycles. The normalized spacial score (nSPS) is 9.22. The number of nitrogens with zero attached hydrogens (tertiary/aromatic N) is 5. The van der Waals surface area contributed by atoms with E-state index in [0.717, 1.165) is 22.3 Å². The van der Waals surface area contributed by atoms with Gasteiger partial charge < -0.3 is 21.3 Å². The smallest absolute Gasteiger partial charge is 0.686 e. The Balaban J connectivity index is 0.000000839. The van der Waals surface area contributed by atoms with Crippen LogP contribution in [0.3, 0.4) is 0 Å². The summed E-state index contributed by atoms with van der Waals surface area (Å²) in [4.78, 5) is 4.68. The van der Waals surface area contributed by atoms with Crippen LogP contribution in [0.1, 0.15) is 0 Å². The second-order valence-corrected chi connectivity index (χ2v) is 6.63. The maximum absolute atomic E-state index is 4.68. The number of hydrogen-bond acceptors (Lipinski definition) is 1. The number of rotatable bonds is 2. The maximum Gasteiger partial charge on any atom is 4.00 e. The summed E-state index contributed by atoms with van der Waals surface area (Å²) < 4.78 is 0. The predicted octanol–water partition coefficient (Wildman–Crippen LogP) is 7.55. The van der Waals surface area contributed by atoms with E-state index in [0.29, 0.717) is 0 Å². The molecule has 0 spiro atoms. The van der Waals surface area contributed by atoms with Gasteiger partial charge in [-0.05, 0) is 27.8 Å². The molecule has 166 valence electrons. The third kappa shape index (κ3) is 8.44. The Morgan fingerprint density at radius 2 is 1.03 bits per heavy atom. The summed E-state index contributed by atoms with van der Waals surface area (Å²) in [6, 6.07) is 23.0. The molecule has 0 bridgehead atoms. The molecule has 1 aromatic heterocycles. The van der Waals surface area contributed by atoms with E-state index in [1.807, 2.05) is 19.3 Å². The van der Waals surface area contributed by atoms with Gasteiger partial charge in [0.05, 0.1) is 5.69 Å². The van der Waals surface area contributed by atoms with Crippen LogP contribution in [0.25, 0.3) is 54.1 Å². The predicted molar refractivity (Wildman–Crippen MR) is 139 cm³/mol. The Hall–Kier alpha value is -2.11. The van der Waals surface area contributed by atoms with Crippen LogP contribution in [0.4, 0.5) is 5.69 Å². The van der Waals surface area contributed by atoms with Crippen LogP contribution >= 0.6 is 0 Å². The monoisotopic (exact) mass is 505 g/mol. The van der Waals surface area contributed by atoms with E-state index in [2.05, 4.69) is 86.9 Å². The molecule has 0 aliphatic heterocycles. The van der Waals surface area contributed by atoms with Crippen molar-refractivity contribution < 1.29 is 26.2 Å². The Morgan fingerprint density at radius 3 is 1.56 bits per heavy atom. The third-order valence-corrected chi connectivity index (χ3v) is 4.06. The van der Waals surface area contributed by atoms with Gasteiger partial charge >= 0.3 is 26.2 Å². The first-order valence-corrected chi connectivity index (χ1v) is 10.0. The average Bonchev–Trinajstić information content (AvgIpc) is 2.79. The van der Waals surface area contributed by atoms with E-state index in [1.54, 1.807) is 42.3 Å². The quantitative estimate of drug-likeness (QED) is 0.277. The molecule has 0 amide bonds. The molecule has 0 fully saturated rings. The summed E-state index contributed by atoms with van der Waals surface area (Å²) >= 11 is 0. The molecule has 4 aromatic rings. The molecule has 0 aliphatic rings. The minimum absolute atomic E-state index is 0. The number of aromatic nitrogens is 1. The number of benzene rings is 3. The van der Waals surface area contributed by atoms with Gasteiger partial charge in [0.1, 0.15) is 0 Å². The van der Waals surface area contributed by atoms with Crippen LogP contribution in [-0.2, 0) is 26.2 Å². The molecule has 0 atom stereocenters.